The van der Waals surface area contributed by atoms with Crippen LogP contribution in [-0.2, 0) is 11.3 Å². The summed E-state index contributed by atoms with van der Waals surface area (Å²) in [7, 11) is 0. The summed E-state index contributed by atoms with van der Waals surface area (Å²) < 4.78 is 11.0. The Hall–Kier alpha value is -2.05. The molecule has 1 aromatic carbocycles. The van der Waals surface area contributed by atoms with Crippen LogP contribution in [0.2, 0.25) is 0 Å². The van der Waals surface area contributed by atoms with Crippen LogP contribution in [0.3, 0.4) is 0 Å². The molecule has 1 fully saturated rings. The van der Waals surface area contributed by atoms with Gasteiger partial charge in [-0.25, -0.2) is 4.79 Å². The van der Waals surface area contributed by atoms with Gasteiger partial charge in [-0.2, -0.15) is 0 Å². The van der Waals surface area contributed by atoms with Crippen LogP contribution >= 0.6 is 0 Å². The standard InChI is InChI=1S/C17H22N2O4/c1-12-13-4-2-3-5-14(13)23-15(12)10-18-16(20)19-11-17(21)6-8-22-9-7-17/h2-5,21H,6-11H2,1H3,(H2,18,19,20). The minimum absolute atomic E-state index is 0.224. The van der Waals surface area contributed by atoms with Crippen LogP contribution in [0.5, 0.6) is 0 Å². The van der Waals surface area contributed by atoms with Crippen molar-refractivity contribution in [2.45, 2.75) is 31.9 Å². The predicted octanol–water partition coefficient (Wildman–Crippen LogP) is 2.08. The number of carbonyl (C=O) groups is 1. The van der Waals surface area contributed by atoms with E-state index in [1.54, 1.807) is 0 Å². The fraction of sp³-hybridized carbons (Fsp3) is 0.471. The number of hydrogen-bond donors (Lipinski definition) is 3. The molecule has 23 heavy (non-hydrogen) atoms. The number of fused-ring (bicyclic) bond motifs is 1. The van der Waals surface area contributed by atoms with Crippen molar-refractivity contribution in [1.29, 1.82) is 0 Å². The minimum Gasteiger partial charge on any atom is -0.459 e. The molecule has 0 atom stereocenters. The molecule has 3 N–H and O–H groups in total. The number of para-hydroxylation sites is 1. The molecule has 2 heterocycles. The second-order valence-electron chi connectivity index (χ2n) is 6.02. The number of carbonyl (C=O) groups excluding carboxylic acids is 1. The van der Waals surface area contributed by atoms with E-state index in [1.165, 1.54) is 0 Å². The second-order valence-corrected chi connectivity index (χ2v) is 6.02. The molecule has 1 aliphatic heterocycles. The molecule has 1 saturated heterocycles. The Morgan fingerprint density at radius 2 is 2.00 bits per heavy atom. The first-order valence-corrected chi connectivity index (χ1v) is 7.86. The van der Waals surface area contributed by atoms with Crippen LogP contribution in [0.15, 0.2) is 28.7 Å². The molecular weight excluding hydrogens is 296 g/mol. The first-order valence-electron chi connectivity index (χ1n) is 7.86. The minimum atomic E-state index is -0.870. The van der Waals surface area contributed by atoms with Crippen LogP contribution in [-0.4, -0.2) is 36.5 Å². The normalized spacial score (nSPS) is 17.1. The van der Waals surface area contributed by atoms with E-state index in [9.17, 15) is 9.90 Å². The zero-order valence-electron chi connectivity index (χ0n) is 13.2. The average molecular weight is 318 g/mol. The highest BCUT2D eigenvalue weighted by Gasteiger charge is 2.30. The van der Waals surface area contributed by atoms with Gasteiger partial charge in [0.05, 0.1) is 12.1 Å². The topological polar surface area (TPSA) is 83.7 Å². The van der Waals surface area contributed by atoms with Gasteiger partial charge in [0, 0.05) is 43.5 Å². The first kappa shape index (κ1) is 15.8. The molecule has 1 aliphatic rings. The highest BCUT2D eigenvalue weighted by molar-refractivity contribution is 5.82. The van der Waals surface area contributed by atoms with Gasteiger partial charge in [-0.3, -0.25) is 0 Å². The number of aryl methyl sites for hydroxylation is 1. The summed E-state index contributed by atoms with van der Waals surface area (Å²) in [6.07, 6.45) is 1.08. The van der Waals surface area contributed by atoms with Crippen molar-refractivity contribution in [1.82, 2.24) is 10.6 Å². The molecule has 2 amide bonds. The third kappa shape index (κ3) is 3.65. The summed E-state index contributed by atoms with van der Waals surface area (Å²) in [6, 6.07) is 7.47. The Kier molecular flexibility index (Phi) is 4.54. The molecular formula is C17H22N2O4. The van der Waals surface area contributed by atoms with E-state index < -0.39 is 5.60 Å². The summed E-state index contributed by atoms with van der Waals surface area (Å²) >= 11 is 0. The zero-order valence-corrected chi connectivity index (χ0v) is 13.2. The van der Waals surface area contributed by atoms with Gasteiger partial charge in [0.15, 0.2) is 0 Å². The van der Waals surface area contributed by atoms with E-state index in [0.717, 1.165) is 22.3 Å². The van der Waals surface area contributed by atoms with E-state index in [4.69, 9.17) is 9.15 Å². The summed E-state index contributed by atoms with van der Waals surface area (Å²) in [6.45, 7) is 3.57. The number of urea groups is 1. The second kappa shape index (κ2) is 6.60. The largest absolute Gasteiger partial charge is 0.459 e. The first-order chi connectivity index (χ1) is 11.1. The molecule has 0 spiro atoms. The Balaban J connectivity index is 1.53. The van der Waals surface area contributed by atoms with E-state index in [-0.39, 0.29) is 12.6 Å². The van der Waals surface area contributed by atoms with E-state index in [2.05, 4.69) is 10.6 Å². The van der Waals surface area contributed by atoms with Gasteiger partial charge < -0.3 is 24.9 Å². The number of benzene rings is 1. The van der Waals surface area contributed by atoms with Crippen molar-refractivity contribution in [2.75, 3.05) is 19.8 Å². The summed E-state index contributed by atoms with van der Waals surface area (Å²) in [5.41, 5.74) is 0.980. The van der Waals surface area contributed by atoms with Crippen molar-refractivity contribution < 1.29 is 19.1 Å². The van der Waals surface area contributed by atoms with Gasteiger partial charge in [-0.15, -0.1) is 0 Å². The number of ether oxygens (including phenoxy) is 1. The molecule has 124 valence electrons. The number of nitrogens with one attached hydrogen (secondary N) is 2. The molecule has 0 aliphatic carbocycles. The van der Waals surface area contributed by atoms with Gasteiger partial charge in [0.25, 0.3) is 0 Å². The molecule has 1 aromatic heterocycles. The van der Waals surface area contributed by atoms with Crippen molar-refractivity contribution in [2.24, 2.45) is 0 Å². The average Bonchev–Trinajstić information content (AvgIpc) is 2.88. The summed E-state index contributed by atoms with van der Waals surface area (Å²) in [4.78, 5) is 11.9. The molecule has 6 nitrogen and oxygen atoms in total. The van der Waals surface area contributed by atoms with E-state index in [1.807, 2.05) is 31.2 Å². The van der Waals surface area contributed by atoms with Gasteiger partial charge in [-0.1, -0.05) is 18.2 Å². The van der Waals surface area contributed by atoms with Crippen molar-refractivity contribution in [3.05, 3.63) is 35.6 Å². The zero-order chi connectivity index (χ0) is 16.3. The molecule has 2 aromatic rings. The van der Waals surface area contributed by atoms with E-state index >= 15 is 0 Å². The maximum Gasteiger partial charge on any atom is 0.315 e. The third-order valence-electron chi connectivity index (χ3n) is 4.35. The summed E-state index contributed by atoms with van der Waals surface area (Å²) in [5.74, 6) is 0.742. The maximum absolute atomic E-state index is 11.9. The highest BCUT2D eigenvalue weighted by Crippen LogP contribution is 2.24. The number of rotatable bonds is 4. The van der Waals surface area contributed by atoms with Gasteiger partial charge in [-0.05, 0) is 13.0 Å². The van der Waals surface area contributed by atoms with Crippen LogP contribution < -0.4 is 10.6 Å². The Bertz CT molecular complexity index is 689. The molecule has 0 saturated carbocycles. The fourth-order valence-electron chi connectivity index (χ4n) is 2.79. The van der Waals surface area contributed by atoms with Crippen LogP contribution in [0.1, 0.15) is 24.2 Å². The number of amides is 2. The smallest absolute Gasteiger partial charge is 0.315 e. The Morgan fingerprint density at radius 3 is 2.74 bits per heavy atom. The lowest BCUT2D eigenvalue weighted by Gasteiger charge is -2.32. The third-order valence-corrected chi connectivity index (χ3v) is 4.35. The molecule has 0 bridgehead atoms. The Labute approximate surface area is 134 Å². The lowest BCUT2D eigenvalue weighted by molar-refractivity contribution is -0.0600. The van der Waals surface area contributed by atoms with Crippen LogP contribution in [0, 0.1) is 6.92 Å². The van der Waals surface area contributed by atoms with Crippen molar-refractivity contribution in [3.63, 3.8) is 0 Å². The van der Waals surface area contributed by atoms with E-state index in [0.29, 0.717) is 32.6 Å². The van der Waals surface area contributed by atoms with Gasteiger partial charge in [0.1, 0.15) is 11.3 Å². The molecule has 0 radical (unpaired) electrons. The lowest BCUT2D eigenvalue weighted by Crippen LogP contribution is -2.48. The van der Waals surface area contributed by atoms with Crippen molar-refractivity contribution >= 4 is 17.0 Å². The lowest BCUT2D eigenvalue weighted by atomic mass is 9.94. The highest BCUT2D eigenvalue weighted by atomic mass is 16.5. The molecule has 0 unspecified atom stereocenters. The maximum atomic E-state index is 11.9. The number of aliphatic hydroxyl groups is 1. The number of hydrogen-bond acceptors (Lipinski definition) is 4. The van der Waals surface area contributed by atoms with Crippen LogP contribution in [0.4, 0.5) is 4.79 Å². The van der Waals surface area contributed by atoms with Gasteiger partial charge >= 0.3 is 6.03 Å². The fourth-order valence-corrected chi connectivity index (χ4v) is 2.79. The SMILES string of the molecule is Cc1c(CNC(=O)NCC2(O)CCOCC2)oc2ccccc12. The van der Waals surface area contributed by atoms with Crippen LogP contribution in [0.25, 0.3) is 11.0 Å². The number of furan rings is 1. The van der Waals surface area contributed by atoms with Crippen molar-refractivity contribution in [3.8, 4) is 0 Å². The molecule has 3 rings (SSSR count). The predicted molar refractivity (Wildman–Crippen MR) is 86.2 cm³/mol. The quantitative estimate of drug-likeness (QED) is 0.806. The summed E-state index contributed by atoms with van der Waals surface area (Å²) in [5, 5.41) is 16.9. The Morgan fingerprint density at radius 1 is 1.26 bits per heavy atom. The molecule has 6 heteroatoms. The monoisotopic (exact) mass is 318 g/mol. The van der Waals surface area contributed by atoms with Gasteiger partial charge in [0.2, 0.25) is 0 Å².